The van der Waals surface area contributed by atoms with E-state index in [1.165, 1.54) is 4.90 Å². The molecule has 2 unspecified atom stereocenters. The molecule has 0 aromatic rings. The van der Waals surface area contributed by atoms with Gasteiger partial charge < -0.3 is 0 Å². The SMILES string of the molecule is CC1CC2C(=O)N(CC(C)(C)C#N)C(=O)C2C1. The van der Waals surface area contributed by atoms with Crippen LogP contribution >= 0.6 is 0 Å². The first-order chi connectivity index (χ1) is 7.85. The summed E-state index contributed by atoms with van der Waals surface area (Å²) in [6.45, 7) is 5.82. The maximum atomic E-state index is 12.1. The van der Waals surface area contributed by atoms with Gasteiger partial charge in [-0.05, 0) is 32.6 Å². The van der Waals surface area contributed by atoms with Crippen molar-refractivity contribution in [2.24, 2.45) is 23.2 Å². The third kappa shape index (κ3) is 1.95. The summed E-state index contributed by atoms with van der Waals surface area (Å²) >= 11 is 0. The summed E-state index contributed by atoms with van der Waals surface area (Å²) in [4.78, 5) is 25.6. The third-order valence-corrected chi connectivity index (χ3v) is 3.82. The van der Waals surface area contributed by atoms with Gasteiger partial charge in [-0.2, -0.15) is 5.26 Å². The van der Waals surface area contributed by atoms with Crippen LogP contribution in [0.2, 0.25) is 0 Å². The minimum Gasteiger partial charge on any atom is -0.281 e. The van der Waals surface area contributed by atoms with E-state index < -0.39 is 5.41 Å². The van der Waals surface area contributed by atoms with Crippen LogP contribution in [0.5, 0.6) is 0 Å². The molecule has 1 heterocycles. The Morgan fingerprint density at radius 3 is 2.18 bits per heavy atom. The predicted molar refractivity (Wildman–Crippen MR) is 61.5 cm³/mol. The fraction of sp³-hybridized carbons (Fsp3) is 0.769. The number of carbonyl (C=O) groups excluding carboxylic acids is 2. The molecule has 0 radical (unpaired) electrons. The summed E-state index contributed by atoms with van der Waals surface area (Å²) in [6, 6.07) is 2.14. The van der Waals surface area contributed by atoms with Crippen molar-refractivity contribution in [3.8, 4) is 6.07 Å². The maximum Gasteiger partial charge on any atom is 0.233 e. The van der Waals surface area contributed by atoms with Crippen LogP contribution in [0.15, 0.2) is 0 Å². The van der Waals surface area contributed by atoms with Crippen molar-refractivity contribution in [3.63, 3.8) is 0 Å². The Labute approximate surface area is 102 Å². The van der Waals surface area contributed by atoms with Crippen molar-refractivity contribution in [2.75, 3.05) is 6.54 Å². The molecule has 0 spiro atoms. The summed E-state index contributed by atoms with van der Waals surface area (Å²) in [7, 11) is 0. The van der Waals surface area contributed by atoms with Gasteiger partial charge in [0.15, 0.2) is 0 Å². The van der Waals surface area contributed by atoms with Crippen LogP contribution in [-0.4, -0.2) is 23.3 Å². The van der Waals surface area contributed by atoms with Crippen LogP contribution in [0.25, 0.3) is 0 Å². The van der Waals surface area contributed by atoms with E-state index in [0.717, 1.165) is 12.8 Å². The van der Waals surface area contributed by atoms with Gasteiger partial charge in [0.05, 0.1) is 23.3 Å². The molecule has 2 amide bonds. The molecule has 1 saturated carbocycles. The molecule has 17 heavy (non-hydrogen) atoms. The Morgan fingerprint density at radius 2 is 1.76 bits per heavy atom. The highest BCUT2D eigenvalue weighted by Gasteiger charge is 2.52. The highest BCUT2D eigenvalue weighted by Crippen LogP contribution is 2.43. The number of nitrogens with zero attached hydrogens (tertiary/aromatic N) is 2. The van der Waals surface area contributed by atoms with E-state index >= 15 is 0 Å². The van der Waals surface area contributed by atoms with Gasteiger partial charge in [0, 0.05) is 6.54 Å². The van der Waals surface area contributed by atoms with Crippen molar-refractivity contribution in [1.82, 2.24) is 4.90 Å². The second kappa shape index (κ2) is 3.83. The van der Waals surface area contributed by atoms with Crippen LogP contribution in [0, 0.1) is 34.5 Å². The first-order valence-corrected chi connectivity index (χ1v) is 6.12. The van der Waals surface area contributed by atoms with E-state index in [1.807, 2.05) is 0 Å². The molecule has 2 fully saturated rings. The largest absolute Gasteiger partial charge is 0.281 e. The smallest absolute Gasteiger partial charge is 0.233 e. The fourth-order valence-electron chi connectivity index (χ4n) is 2.93. The van der Waals surface area contributed by atoms with Gasteiger partial charge in [0.25, 0.3) is 0 Å². The van der Waals surface area contributed by atoms with E-state index in [9.17, 15) is 9.59 Å². The molecule has 1 aliphatic carbocycles. The number of hydrogen-bond donors (Lipinski definition) is 0. The van der Waals surface area contributed by atoms with Gasteiger partial charge in [-0.3, -0.25) is 14.5 Å². The van der Waals surface area contributed by atoms with E-state index in [-0.39, 0.29) is 30.2 Å². The highest BCUT2D eigenvalue weighted by molar-refractivity contribution is 6.05. The van der Waals surface area contributed by atoms with Crippen LogP contribution < -0.4 is 0 Å². The van der Waals surface area contributed by atoms with Gasteiger partial charge in [-0.25, -0.2) is 0 Å². The molecular weight excluding hydrogens is 216 g/mol. The lowest BCUT2D eigenvalue weighted by Gasteiger charge is -2.23. The first kappa shape index (κ1) is 12.1. The number of likely N-dealkylation sites (tertiary alicyclic amines) is 1. The van der Waals surface area contributed by atoms with E-state index in [0.29, 0.717) is 5.92 Å². The third-order valence-electron chi connectivity index (χ3n) is 3.82. The molecule has 2 aliphatic rings. The lowest BCUT2D eigenvalue weighted by molar-refractivity contribution is -0.141. The molecule has 1 aliphatic heterocycles. The van der Waals surface area contributed by atoms with E-state index in [2.05, 4.69) is 13.0 Å². The summed E-state index contributed by atoms with van der Waals surface area (Å²) in [6.07, 6.45) is 1.64. The summed E-state index contributed by atoms with van der Waals surface area (Å²) in [5.41, 5.74) is -0.657. The van der Waals surface area contributed by atoms with E-state index in [4.69, 9.17) is 5.26 Å². The molecular formula is C13H18N2O2. The number of amides is 2. The van der Waals surface area contributed by atoms with Crippen molar-refractivity contribution in [1.29, 1.82) is 5.26 Å². The number of rotatable bonds is 2. The molecule has 0 bridgehead atoms. The summed E-state index contributed by atoms with van der Waals surface area (Å²) in [5, 5.41) is 8.97. The topological polar surface area (TPSA) is 61.2 Å². The van der Waals surface area contributed by atoms with Crippen molar-refractivity contribution in [2.45, 2.75) is 33.6 Å². The molecule has 0 N–H and O–H groups in total. The second-order valence-corrected chi connectivity index (χ2v) is 6.05. The lowest BCUT2D eigenvalue weighted by atomic mass is 9.95. The monoisotopic (exact) mass is 234 g/mol. The lowest BCUT2D eigenvalue weighted by Crippen LogP contribution is -2.39. The van der Waals surface area contributed by atoms with Crippen molar-refractivity contribution in [3.05, 3.63) is 0 Å². The first-order valence-electron chi connectivity index (χ1n) is 6.12. The average Bonchev–Trinajstić information content (AvgIpc) is 2.73. The maximum absolute atomic E-state index is 12.1. The predicted octanol–water partition coefficient (Wildman–Crippen LogP) is 1.57. The van der Waals surface area contributed by atoms with Crippen LogP contribution in [-0.2, 0) is 9.59 Å². The Morgan fingerprint density at radius 1 is 1.29 bits per heavy atom. The number of imide groups is 1. The zero-order valence-electron chi connectivity index (χ0n) is 10.6. The normalized spacial score (nSPS) is 32.8. The van der Waals surface area contributed by atoms with Gasteiger partial charge in [-0.1, -0.05) is 6.92 Å². The highest BCUT2D eigenvalue weighted by atomic mass is 16.2. The zero-order valence-corrected chi connectivity index (χ0v) is 10.6. The van der Waals surface area contributed by atoms with Crippen molar-refractivity contribution < 1.29 is 9.59 Å². The zero-order chi connectivity index (χ0) is 12.8. The van der Waals surface area contributed by atoms with Crippen LogP contribution in [0.1, 0.15) is 33.6 Å². The molecule has 0 aromatic heterocycles. The van der Waals surface area contributed by atoms with Crippen LogP contribution in [0.3, 0.4) is 0 Å². The Hall–Kier alpha value is -1.37. The number of hydrogen-bond acceptors (Lipinski definition) is 3. The minimum atomic E-state index is -0.657. The standard InChI is InChI=1S/C13H18N2O2/c1-8-4-9-10(5-8)12(17)15(11(9)16)7-13(2,3)6-14/h8-10H,4-5,7H2,1-3H3. The number of nitriles is 1. The Kier molecular flexibility index (Phi) is 2.73. The average molecular weight is 234 g/mol. The summed E-state index contributed by atoms with van der Waals surface area (Å²) < 4.78 is 0. The fourth-order valence-corrected chi connectivity index (χ4v) is 2.93. The molecule has 4 heteroatoms. The second-order valence-electron chi connectivity index (χ2n) is 6.05. The van der Waals surface area contributed by atoms with Gasteiger partial charge in [-0.15, -0.1) is 0 Å². The Balaban J connectivity index is 2.16. The molecule has 0 aromatic carbocycles. The minimum absolute atomic E-state index is 0.0623. The molecule has 92 valence electrons. The molecule has 2 atom stereocenters. The van der Waals surface area contributed by atoms with Crippen molar-refractivity contribution >= 4 is 11.8 Å². The molecule has 2 rings (SSSR count). The van der Waals surface area contributed by atoms with Gasteiger partial charge in [0.2, 0.25) is 11.8 Å². The van der Waals surface area contributed by atoms with Gasteiger partial charge >= 0.3 is 0 Å². The Bertz CT molecular complexity index is 384. The van der Waals surface area contributed by atoms with E-state index in [1.54, 1.807) is 13.8 Å². The number of carbonyl (C=O) groups is 2. The molecule has 1 saturated heterocycles. The summed E-state index contributed by atoms with van der Waals surface area (Å²) in [5.74, 6) is 0.100. The van der Waals surface area contributed by atoms with Crippen LogP contribution in [0.4, 0.5) is 0 Å². The number of fused-ring (bicyclic) bond motifs is 1. The van der Waals surface area contributed by atoms with Gasteiger partial charge in [0.1, 0.15) is 0 Å². The molecule has 4 nitrogen and oxygen atoms in total. The quantitative estimate of drug-likeness (QED) is 0.681.